The van der Waals surface area contributed by atoms with Crippen molar-refractivity contribution in [1.29, 1.82) is 0 Å². The lowest BCUT2D eigenvalue weighted by Gasteiger charge is -2.21. The van der Waals surface area contributed by atoms with Gasteiger partial charge in [-0.2, -0.15) is 0 Å². The Balaban J connectivity index is 2.08. The van der Waals surface area contributed by atoms with Crippen LogP contribution >= 0.6 is 11.8 Å². The Kier molecular flexibility index (Phi) is 6.40. The molecule has 0 bridgehead atoms. The summed E-state index contributed by atoms with van der Waals surface area (Å²) in [5.41, 5.74) is 0.967. The van der Waals surface area contributed by atoms with Gasteiger partial charge in [-0.15, -0.1) is 0 Å². The maximum atomic E-state index is 12.2. The van der Waals surface area contributed by atoms with Gasteiger partial charge in [0.25, 0.3) is 0 Å². The van der Waals surface area contributed by atoms with Crippen LogP contribution in [0.4, 0.5) is 4.79 Å². The first-order chi connectivity index (χ1) is 11.1. The van der Waals surface area contributed by atoms with Crippen LogP contribution in [0.25, 0.3) is 6.08 Å². The van der Waals surface area contributed by atoms with E-state index >= 15 is 0 Å². The largest absolute Gasteiger partial charge is 0.445 e. The van der Waals surface area contributed by atoms with Gasteiger partial charge in [-0.1, -0.05) is 42.6 Å². The standard InChI is InChI=1S/C17H20N2O3S/c1-3-9-22-17(21)19-12-16(23-13(2)20)10-15(19)7-6-14-5-4-8-18-11-14/h3-8,11,15-16H,1,9-10,12H2,2H3. The van der Waals surface area contributed by atoms with E-state index < -0.39 is 0 Å². The third-order valence-corrected chi connectivity index (χ3v) is 4.40. The van der Waals surface area contributed by atoms with E-state index in [1.165, 1.54) is 17.8 Å². The van der Waals surface area contributed by atoms with Gasteiger partial charge in [-0.3, -0.25) is 9.78 Å². The molecule has 122 valence electrons. The van der Waals surface area contributed by atoms with Gasteiger partial charge in [0.05, 0.1) is 6.04 Å². The third kappa shape index (κ3) is 5.25. The Bertz CT molecular complexity index is 589. The molecule has 1 aliphatic heterocycles. The van der Waals surface area contributed by atoms with Crippen molar-refractivity contribution < 1.29 is 14.3 Å². The molecule has 2 heterocycles. The summed E-state index contributed by atoms with van der Waals surface area (Å²) in [6, 6.07) is 3.71. The first-order valence-corrected chi connectivity index (χ1v) is 8.28. The number of rotatable bonds is 5. The summed E-state index contributed by atoms with van der Waals surface area (Å²) in [5, 5.41) is 0.152. The predicted octanol–water partition coefficient (Wildman–Crippen LogP) is 3.14. The van der Waals surface area contributed by atoms with E-state index in [0.29, 0.717) is 6.54 Å². The van der Waals surface area contributed by atoms with Gasteiger partial charge in [-0.05, 0) is 18.1 Å². The maximum Gasteiger partial charge on any atom is 0.410 e. The van der Waals surface area contributed by atoms with Crippen LogP contribution in [0.3, 0.4) is 0 Å². The second-order valence-electron chi connectivity index (χ2n) is 5.20. The summed E-state index contributed by atoms with van der Waals surface area (Å²) in [7, 11) is 0. The number of ether oxygens (including phenoxy) is 1. The molecule has 1 aromatic rings. The van der Waals surface area contributed by atoms with Crippen LogP contribution in [0.5, 0.6) is 0 Å². The van der Waals surface area contributed by atoms with E-state index in [-0.39, 0.29) is 29.1 Å². The number of carbonyl (C=O) groups excluding carboxylic acids is 2. The highest BCUT2D eigenvalue weighted by molar-refractivity contribution is 8.14. The van der Waals surface area contributed by atoms with Crippen LogP contribution in [0.2, 0.25) is 0 Å². The second kappa shape index (κ2) is 8.53. The molecule has 5 nitrogen and oxygen atoms in total. The van der Waals surface area contributed by atoms with Crippen molar-refractivity contribution in [2.45, 2.75) is 24.6 Å². The summed E-state index contributed by atoms with van der Waals surface area (Å²) in [5.74, 6) is 0. The fourth-order valence-electron chi connectivity index (χ4n) is 2.45. The molecule has 23 heavy (non-hydrogen) atoms. The van der Waals surface area contributed by atoms with Gasteiger partial charge in [0.15, 0.2) is 5.12 Å². The molecular formula is C17H20N2O3S. The molecule has 0 radical (unpaired) electrons. The Hall–Kier alpha value is -2.08. The SMILES string of the molecule is C=CCOC(=O)N1CC(SC(C)=O)CC1C=Cc1cccnc1. The first kappa shape index (κ1) is 17.3. The van der Waals surface area contributed by atoms with E-state index in [2.05, 4.69) is 11.6 Å². The number of pyridine rings is 1. The normalized spacial score (nSPS) is 20.7. The van der Waals surface area contributed by atoms with Gasteiger partial charge in [0.2, 0.25) is 0 Å². The topological polar surface area (TPSA) is 59.5 Å². The lowest BCUT2D eigenvalue weighted by atomic mass is 10.1. The summed E-state index contributed by atoms with van der Waals surface area (Å²) in [6.45, 7) is 5.77. The Morgan fingerprint density at radius 2 is 2.39 bits per heavy atom. The molecular weight excluding hydrogens is 312 g/mol. The summed E-state index contributed by atoms with van der Waals surface area (Å²) in [6.07, 6.45) is 9.26. The van der Waals surface area contributed by atoms with Crippen molar-refractivity contribution in [2.24, 2.45) is 0 Å². The van der Waals surface area contributed by atoms with E-state index in [1.54, 1.807) is 24.2 Å². The van der Waals surface area contributed by atoms with E-state index in [9.17, 15) is 9.59 Å². The lowest BCUT2D eigenvalue weighted by Crippen LogP contribution is -2.35. The number of aromatic nitrogens is 1. The minimum absolute atomic E-state index is 0.0614. The van der Waals surface area contributed by atoms with Gasteiger partial charge in [-0.25, -0.2) is 4.79 Å². The molecule has 0 spiro atoms. The average Bonchev–Trinajstić information content (AvgIpc) is 2.93. The Labute approximate surface area is 140 Å². The van der Waals surface area contributed by atoms with E-state index in [4.69, 9.17) is 4.74 Å². The Morgan fingerprint density at radius 1 is 1.57 bits per heavy atom. The number of amides is 1. The van der Waals surface area contributed by atoms with Crippen molar-refractivity contribution >= 4 is 29.0 Å². The molecule has 1 aromatic heterocycles. The summed E-state index contributed by atoms with van der Waals surface area (Å²) < 4.78 is 5.14. The molecule has 0 N–H and O–H groups in total. The highest BCUT2D eigenvalue weighted by Crippen LogP contribution is 2.29. The monoisotopic (exact) mass is 332 g/mol. The van der Waals surface area contributed by atoms with Crippen molar-refractivity contribution in [3.63, 3.8) is 0 Å². The van der Waals surface area contributed by atoms with Gasteiger partial charge in [0, 0.05) is 31.1 Å². The van der Waals surface area contributed by atoms with Gasteiger partial charge in [0.1, 0.15) is 6.61 Å². The van der Waals surface area contributed by atoms with Crippen LogP contribution in [0.1, 0.15) is 18.9 Å². The minimum Gasteiger partial charge on any atom is -0.445 e. The fourth-order valence-corrected chi connectivity index (χ4v) is 3.45. The smallest absolute Gasteiger partial charge is 0.410 e. The Morgan fingerprint density at radius 3 is 3.04 bits per heavy atom. The highest BCUT2D eigenvalue weighted by Gasteiger charge is 2.35. The molecule has 1 amide bonds. The molecule has 1 aliphatic rings. The second-order valence-corrected chi connectivity index (χ2v) is 6.68. The zero-order valence-corrected chi connectivity index (χ0v) is 13.9. The zero-order valence-electron chi connectivity index (χ0n) is 13.1. The van der Waals surface area contributed by atoms with Crippen LogP contribution < -0.4 is 0 Å². The number of hydrogen-bond donors (Lipinski definition) is 0. The molecule has 1 fully saturated rings. The van der Waals surface area contributed by atoms with Crippen molar-refractivity contribution in [3.05, 3.63) is 48.8 Å². The molecule has 6 heteroatoms. The quantitative estimate of drug-likeness (QED) is 0.775. The molecule has 2 atom stereocenters. The van der Waals surface area contributed by atoms with Crippen LogP contribution in [-0.4, -0.2) is 45.5 Å². The van der Waals surface area contributed by atoms with Crippen molar-refractivity contribution in [3.8, 4) is 0 Å². The fraction of sp³-hybridized carbons (Fsp3) is 0.353. The van der Waals surface area contributed by atoms with Crippen LogP contribution in [0.15, 0.2) is 43.3 Å². The van der Waals surface area contributed by atoms with E-state index in [0.717, 1.165) is 12.0 Å². The van der Waals surface area contributed by atoms with Crippen LogP contribution in [0, 0.1) is 0 Å². The van der Waals surface area contributed by atoms with E-state index in [1.807, 2.05) is 24.3 Å². The highest BCUT2D eigenvalue weighted by atomic mass is 32.2. The molecule has 1 saturated heterocycles. The van der Waals surface area contributed by atoms with Gasteiger partial charge < -0.3 is 9.64 Å². The maximum absolute atomic E-state index is 12.2. The predicted molar refractivity (Wildman–Crippen MR) is 92.0 cm³/mol. The average molecular weight is 332 g/mol. The summed E-state index contributed by atoms with van der Waals surface area (Å²) in [4.78, 5) is 29.2. The molecule has 0 saturated carbocycles. The van der Waals surface area contributed by atoms with Gasteiger partial charge >= 0.3 is 6.09 Å². The number of hydrogen-bond acceptors (Lipinski definition) is 5. The number of nitrogens with zero attached hydrogens (tertiary/aromatic N) is 2. The lowest BCUT2D eigenvalue weighted by molar-refractivity contribution is -0.109. The first-order valence-electron chi connectivity index (χ1n) is 7.40. The number of likely N-dealkylation sites (tertiary alicyclic amines) is 1. The summed E-state index contributed by atoms with van der Waals surface area (Å²) >= 11 is 1.28. The van der Waals surface area contributed by atoms with Crippen LogP contribution in [-0.2, 0) is 9.53 Å². The molecule has 0 aromatic carbocycles. The van der Waals surface area contributed by atoms with Crippen molar-refractivity contribution in [2.75, 3.05) is 13.2 Å². The third-order valence-electron chi connectivity index (χ3n) is 3.39. The van der Waals surface area contributed by atoms with Crippen molar-refractivity contribution in [1.82, 2.24) is 9.88 Å². The number of carbonyl (C=O) groups is 2. The number of thioether (sulfide) groups is 1. The molecule has 0 aliphatic carbocycles. The molecule has 2 unspecified atom stereocenters. The molecule has 2 rings (SSSR count). The minimum atomic E-state index is -0.377. The zero-order chi connectivity index (χ0) is 16.7.